The van der Waals surface area contributed by atoms with Crippen molar-refractivity contribution >= 4 is 34.2 Å². The zero-order valence-electron chi connectivity index (χ0n) is 11.7. The maximum atomic E-state index is 11.7. The van der Waals surface area contributed by atoms with Gasteiger partial charge in [-0.1, -0.05) is 6.07 Å². The van der Waals surface area contributed by atoms with Crippen molar-refractivity contribution in [2.45, 2.75) is 6.61 Å². The Kier molecular flexibility index (Phi) is 4.08. The molecule has 0 saturated carbocycles. The van der Waals surface area contributed by atoms with Crippen LogP contribution in [0.2, 0.25) is 0 Å². The van der Waals surface area contributed by atoms with E-state index in [2.05, 4.69) is 32.7 Å². The number of esters is 1. The van der Waals surface area contributed by atoms with Crippen molar-refractivity contribution in [3.8, 4) is 11.3 Å². The van der Waals surface area contributed by atoms with Gasteiger partial charge in [0.1, 0.15) is 0 Å². The second-order valence-corrected chi connectivity index (χ2v) is 5.76. The third kappa shape index (κ3) is 2.57. The molecule has 0 bridgehead atoms. The van der Waals surface area contributed by atoms with Crippen LogP contribution in [0.25, 0.3) is 16.9 Å². The highest BCUT2D eigenvalue weighted by molar-refractivity contribution is 14.1. The number of hydrogen-bond donors (Lipinski definition) is 1. The van der Waals surface area contributed by atoms with E-state index in [-0.39, 0.29) is 6.61 Å². The Bertz CT molecular complexity index is 860. The van der Waals surface area contributed by atoms with Crippen molar-refractivity contribution in [1.29, 1.82) is 0 Å². The quantitative estimate of drug-likeness (QED) is 0.531. The van der Waals surface area contributed by atoms with Gasteiger partial charge in [0.05, 0.1) is 34.7 Å². The van der Waals surface area contributed by atoms with Crippen LogP contribution in [0.3, 0.4) is 0 Å². The number of benzene rings is 1. The molecule has 0 unspecified atom stereocenters. The second kappa shape index (κ2) is 6.01. The highest BCUT2D eigenvalue weighted by Gasteiger charge is 2.13. The monoisotopic (exact) mass is 409 g/mol. The second-order valence-electron chi connectivity index (χ2n) is 4.60. The Balaban J connectivity index is 2.10. The zero-order chi connectivity index (χ0) is 15.7. The van der Waals surface area contributed by atoms with Gasteiger partial charge in [0.15, 0.2) is 5.65 Å². The van der Waals surface area contributed by atoms with E-state index in [4.69, 9.17) is 4.74 Å². The van der Waals surface area contributed by atoms with Gasteiger partial charge < -0.3 is 9.84 Å². The molecule has 0 aliphatic rings. The van der Waals surface area contributed by atoms with Crippen LogP contribution in [0.1, 0.15) is 15.9 Å². The number of aromatic nitrogens is 3. The minimum absolute atomic E-state index is 0.245. The minimum Gasteiger partial charge on any atom is -0.465 e. The van der Waals surface area contributed by atoms with Crippen molar-refractivity contribution in [3.63, 3.8) is 0 Å². The van der Waals surface area contributed by atoms with Gasteiger partial charge >= 0.3 is 5.97 Å². The van der Waals surface area contributed by atoms with E-state index in [0.29, 0.717) is 11.1 Å². The molecule has 0 saturated heterocycles. The normalized spacial score (nSPS) is 10.9. The van der Waals surface area contributed by atoms with Gasteiger partial charge in [-0.25, -0.2) is 14.3 Å². The number of hydrogen-bond acceptors (Lipinski definition) is 5. The predicted octanol–water partition coefficient (Wildman–Crippen LogP) is 2.28. The number of fused-ring (bicyclic) bond motifs is 1. The fourth-order valence-electron chi connectivity index (χ4n) is 2.19. The number of carbonyl (C=O) groups excluding carboxylic acids is 1. The number of rotatable bonds is 3. The molecule has 2 heterocycles. The number of methoxy groups -OCH3 is 1. The Morgan fingerprint density at radius 3 is 2.95 bits per heavy atom. The fourth-order valence-corrected chi connectivity index (χ4v) is 2.69. The van der Waals surface area contributed by atoms with Gasteiger partial charge in [-0.15, -0.1) is 0 Å². The lowest BCUT2D eigenvalue weighted by Gasteiger charge is -2.08. The molecule has 3 aromatic rings. The van der Waals surface area contributed by atoms with Crippen molar-refractivity contribution in [2.24, 2.45) is 0 Å². The van der Waals surface area contributed by atoms with Gasteiger partial charge in [-0.05, 0) is 46.4 Å². The Labute approximate surface area is 139 Å². The van der Waals surface area contributed by atoms with E-state index < -0.39 is 5.97 Å². The van der Waals surface area contributed by atoms with Crippen LogP contribution in [0.15, 0.2) is 36.7 Å². The van der Waals surface area contributed by atoms with Crippen molar-refractivity contribution in [2.75, 3.05) is 7.11 Å². The maximum Gasteiger partial charge on any atom is 0.338 e. The summed E-state index contributed by atoms with van der Waals surface area (Å²) in [5, 5.41) is 13.7. The van der Waals surface area contributed by atoms with Crippen LogP contribution in [-0.4, -0.2) is 32.8 Å². The van der Waals surface area contributed by atoms with Crippen LogP contribution in [-0.2, 0) is 11.3 Å². The summed E-state index contributed by atoms with van der Waals surface area (Å²) in [5.41, 5.74) is 3.19. The van der Waals surface area contributed by atoms with Gasteiger partial charge in [0, 0.05) is 11.8 Å². The third-order valence-electron chi connectivity index (χ3n) is 3.30. The fraction of sp³-hybridized carbons (Fsp3) is 0.133. The predicted molar refractivity (Wildman–Crippen MR) is 88.4 cm³/mol. The van der Waals surface area contributed by atoms with Crippen LogP contribution in [0.5, 0.6) is 0 Å². The van der Waals surface area contributed by atoms with E-state index in [9.17, 15) is 9.90 Å². The molecule has 1 N–H and O–H groups in total. The first kappa shape index (κ1) is 14.9. The van der Waals surface area contributed by atoms with Gasteiger partial charge in [0.2, 0.25) is 0 Å². The number of ether oxygens (including phenoxy) is 1. The molecular weight excluding hydrogens is 397 g/mol. The summed E-state index contributed by atoms with van der Waals surface area (Å²) in [6, 6.07) is 7.01. The smallest absolute Gasteiger partial charge is 0.338 e. The number of carbonyl (C=O) groups is 1. The first-order chi connectivity index (χ1) is 10.6. The lowest BCUT2D eigenvalue weighted by molar-refractivity contribution is 0.0597. The molecule has 112 valence electrons. The standard InChI is InChI=1S/C15H12IN3O3/c1-22-15(21)11-3-2-9(6-10(11)8-20)13-4-5-19-14(18-13)12(16)7-17-19/h2-7,20H,8H2,1H3. The van der Waals surface area contributed by atoms with E-state index in [1.54, 1.807) is 28.9 Å². The molecule has 7 heteroatoms. The van der Waals surface area contributed by atoms with E-state index in [1.165, 1.54) is 7.11 Å². The molecule has 22 heavy (non-hydrogen) atoms. The molecule has 0 amide bonds. The van der Waals surface area contributed by atoms with Gasteiger partial charge in [0.25, 0.3) is 0 Å². The molecule has 0 atom stereocenters. The molecule has 1 aromatic carbocycles. The van der Waals surface area contributed by atoms with Crippen LogP contribution in [0, 0.1) is 3.57 Å². The molecule has 0 aliphatic heterocycles. The lowest BCUT2D eigenvalue weighted by atomic mass is 10.0. The van der Waals surface area contributed by atoms with Crippen LogP contribution >= 0.6 is 22.6 Å². The maximum absolute atomic E-state index is 11.7. The third-order valence-corrected chi connectivity index (χ3v) is 4.06. The molecule has 0 fully saturated rings. The average Bonchev–Trinajstić information content (AvgIpc) is 2.94. The summed E-state index contributed by atoms with van der Waals surface area (Å²) in [5.74, 6) is -0.468. The Morgan fingerprint density at radius 1 is 1.41 bits per heavy atom. The zero-order valence-corrected chi connectivity index (χ0v) is 13.8. The van der Waals surface area contributed by atoms with Crippen molar-refractivity contribution < 1.29 is 14.6 Å². The Hall–Kier alpha value is -2.00. The van der Waals surface area contributed by atoms with Crippen molar-refractivity contribution in [3.05, 3.63) is 51.4 Å². The molecule has 6 nitrogen and oxygen atoms in total. The average molecular weight is 409 g/mol. The molecule has 0 radical (unpaired) electrons. The molecule has 2 aromatic heterocycles. The van der Waals surface area contributed by atoms with Gasteiger partial charge in [-0.2, -0.15) is 5.10 Å². The first-order valence-electron chi connectivity index (χ1n) is 6.46. The number of nitrogens with zero attached hydrogens (tertiary/aromatic N) is 3. The minimum atomic E-state index is -0.468. The molecular formula is C15H12IN3O3. The number of aliphatic hydroxyl groups is 1. The highest BCUT2D eigenvalue weighted by atomic mass is 127. The summed E-state index contributed by atoms with van der Waals surface area (Å²) in [7, 11) is 1.31. The van der Waals surface area contributed by atoms with E-state index in [1.807, 2.05) is 12.3 Å². The van der Waals surface area contributed by atoms with Crippen LogP contribution < -0.4 is 0 Å². The summed E-state index contributed by atoms with van der Waals surface area (Å²) in [4.78, 5) is 16.2. The first-order valence-corrected chi connectivity index (χ1v) is 7.54. The molecule has 3 rings (SSSR count). The van der Waals surface area contributed by atoms with E-state index >= 15 is 0 Å². The number of aliphatic hydroxyl groups excluding tert-OH is 1. The van der Waals surface area contributed by atoms with E-state index in [0.717, 1.165) is 20.5 Å². The largest absolute Gasteiger partial charge is 0.465 e. The van der Waals surface area contributed by atoms with Gasteiger partial charge in [-0.3, -0.25) is 0 Å². The summed E-state index contributed by atoms with van der Waals surface area (Å²) >= 11 is 2.18. The van der Waals surface area contributed by atoms with Crippen LogP contribution in [0.4, 0.5) is 0 Å². The number of halogens is 1. The summed E-state index contributed by atoms with van der Waals surface area (Å²) < 4.78 is 7.36. The summed E-state index contributed by atoms with van der Waals surface area (Å²) in [6.45, 7) is -0.245. The highest BCUT2D eigenvalue weighted by Crippen LogP contribution is 2.23. The SMILES string of the molecule is COC(=O)c1ccc(-c2ccn3ncc(I)c3n2)cc1CO. The Morgan fingerprint density at radius 2 is 2.23 bits per heavy atom. The molecule has 0 aliphatic carbocycles. The summed E-state index contributed by atoms with van der Waals surface area (Å²) in [6.07, 6.45) is 3.57. The topological polar surface area (TPSA) is 76.7 Å². The van der Waals surface area contributed by atoms with Crippen molar-refractivity contribution in [1.82, 2.24) is 14.6 Å². The molecule has 0 spiro atoms. The lowest BCUT2D eigenvalue weighted by Crippen LogP contribution is -2.06.